The zero-order chi connectivity index (χ0) is 31.8. The summed E-state index contributed by atoms with van der Waals surface area (Å²) >= 11 is 4.28. The highest BCUT2D eigenvalue weighted by Crippen LogP contribution is 2.39. The molecule has 232 valence electrons. The molecule has 8 nitrogen and oxygen atoms in total. The van der Waals surface area contributed by atoms with E-state index in [-0.39, 0.29) is 18.2 Å². The Morgan fingerprint density at radius 1 is 1.00 bits per heavy atom. The van der Waals surface area contributed by atoms with Crippen LogP contribution in [-0.2, 0) is 27.2 Å². The second kappa shape index (κ2) is 15.2. The average Bonchev–Trinajstić information content (AvgIpc) is 3.69. The normalized spacial score (nSPS) is 13.3. The number of esters is 1. The van der Waals surface area contributed by atoms with Gasteiger partial charge in [-0.2, -0.15) is 11.3 Å². The van der Waals surface area contributed by atoms with Crippen LogP contribution in [0.4, 0.5) is 10.7 Å². The van der Waals surface area contributed by atoms with Crippen LogP contribution in [0.25, 0.3) is 6.08 Å². The fraction of sp³-hybridized carbons (Fsp3) is 0.235. The third kappa shape index (κ3) is 8.30. The second-order valence-electron chi connectivity index (χ2n) is 10.3. The number of anilines is 2. The number of thioether (sulfide) groups is 1. The Kier molecular flexibility index (Phi) is 10.9. The van der Waals surface area contributed by atoms with Crippen molar-refractivity contribution in [1.82, 2.24) is 5.32 Å². The van der Waals surface area contributed by atoms with Crippen LogP contribution in [0.15, 0.2) is 82.0 Å². The molecule has 45 heavy (non-hydrogen) atoms. The van der Waals surface area contributed by atoms with Crippen molar-refractivity contribution >= 4 is 74.9 Å². The van der Waals surface area contributed by atoms with Gasteiger partial charge in [0.1, 0.15) is 10.7 Å². The highest BCUT2D eigenvalue weighted by Gasteiger charge is 2.28. The Hall–Kier alpha value is -4.19. The molecule has 1 aliphatic carbocycles. The minimum atomic E-state index is -0.496. The standard InChI is InChI=1S/C34H33N3O5S3/c1-3-42-34(41)29-26-14-7-8-15-28(26)45-33(29)37-30(38)21(2)44-25-13-9-12-24(19-25)35-32(40)27(18-22-16-17-43-20-22)36-31(39)23-10-5-4-6-11-23/h4-6,9-13,16-21H,3,7-8,14-15H2,1-2H3,(H,35,40)(H,36,39)(H,37,38)/b27-18-. The number of carbonyl (C=O) groups is 4. The second-order valence-corrected chi connectivity index (χ2v) is 13.6. The van der Waals surface area contributed by atoms with Crippen LogP contribution in [0.5, 0.6) is 0 Å². The number of hydrogen-bond acceptors (Lipinski definition) is 8. The first-order chi connectivity index (χ1) is 21.8. The van der Waals surface area contributed by atoms with E-state index in [9.17, 15) is 19.2 Å². The fourth-order valence-corrected chi connectivity index (χ4v) is 7.68. The molecule has 0 aliphatic heterocycles. The van der Waals surface area contributed by atoms with Gasteiger partial charge in [0.25, 0.3) is 11.8 Å². The van der Waals surface area contributed by atoms with Gasteiger partial charge in [0, 0.05) is 21.0 Å². The molecule has 2 aromatic heterocycles. The van der Waals surface area contributed by atoms with Crippen LogP contribution in [0.2, 0.25) is 0 Å². The topological polar surface area (TPSA) is 114 Å². The largest absolute Gasteiger partial charge is 0.462 e. The lowest BCUT2D eigenvalue weighted by Crippen LogP contribution is -2.30. The number of fused-ring (bicyclic) bond motifs is 1. The maximum Gasteiger partial charge on any atom is 0.341 e. The number of hydrogen-bond donors (Lipinski definition) is 3. The van der Waals surface area contributed by atoms with E-state index in [4.69, 9.17) is 4.74 Å². The molecular formula is C34H33N3O5S3. The van der Waals surface area contributed by atoms with E-state index in [1.807, 2.05) is 29.0 Å². The van der Waals surface area contributed by atoms with Gasteiger partial charge in [-0.25, -0.2) is 4.79 Å². The molecular weight excluding hydrogens is 627 g/mol. The summed E-state index contributed by atoms with van der Waals surface area (Å²) in [7, 11) is 0. The van der Waals surface area contributed by atoms with Gasteiger partial charge in [-0.15, -0.1) is 23.1 Å². The molecule has 0 saturated carbocycles. The molecule has 0 bridgehead atoms. The molecule has 1 aliphatic rings. The first-order valence-electron chi connectivity index (χ1n) is 14.6. The highest BCUT2D eigenvalue weighted by molar-refractivity contribution is 8.00. The summed E-state index contributed by atoms with van der Waals surface area (Å²) in [4.78, 5) is 54.2. The smallest absolute Gasteiger partial charge is 0.341 e. The van der Waals surface area contributed by atoms with E-state index in [1.165, 1.54) is 34.4 Å². The van der Waals surface area contributed by atoms with Crippen molar-refractivity contribution in [2.45, 2.75) is 49.7 Å². The van der Waals surface area contributed by atoms with Crippen LogP contribution in [0, 0.1) is 0 Å². The number of carbonyl (C=O) groups excluding carboxylic acids is 4. The van der Waals surface area contributed by atoms with Gasteiger partial charge >= 0.3 is 5.97 Å². The number of nitrogens with one attached hydrogen (secondary N) is 3. The van der Waals surface area contributed by atoms with Gasteiger partial charge in [0.05, 0.1) is 17.4 Å². The minimum absolute atomic E-state index is 0.101. The summed E-state index contributed by atoms with van der Waals surface area (Å²) in [5.41, 5.74) is 3.32. The van der Waals surface area contributed by atoms with Gasteiger partial charge in [0.2, 0.25) is 5.91 Å². The third-order valence-corrected chi connectivity index (χ3v) is 10.0. The monoisotopic (exact) mass is 659 g/mol. The van der Waals surface area contributed by atoms with Gasteiger partial charge in [-0.3, -0.25) is 14.4 Å². The van der Waals surface area contributed by atoms with E-state index in [0.717, 1.165) is 46.6 Å². The van der Waals surface area contributed by atoms with E-state index < -0.39 is 23.0 Å². The van der Waals surface area contributed by atoms with Crippen LogP contribution in [0.3, 0.4) is 0 Å². The zero-order valence-electron chi connectivity index (χ0n) is 24.9. The van der Waals surface area contributed by atoms with Crippen LogP contribution < -0.4 is 16.0 Å². The number of ether oxygens (including phenoxy) is 1. The summed E-state index contributed by atoms with van der Waals surface area (Å²) < 4.78 is 5.32. The Balaban J connectivity index is 1.27. The molecule has 3 amide bonds. The quantitative estimate of drug-likeness (QED) is 0.0879. The molecule has 4 aromatic rings. The summed E-state index contributed by atoms with van der Waals surface area (Å²) in [5.74, 6) is -1.51. The van der Waals surface area contributed by atoms with Crippen molar-refractivity contribution in [2.24, 2.45) is 0 Å². The average molecular weight is 660 g/mol. The number of rotatable bonds is 11. The first-order valence-corrected chi connectivity index (χ1v) is 17.3. The van der Waals surface area contributed by atoms with Crippen molar-refractivity contribution in [1.29, 1.82) is 0 Å². The molecule has 0 fully saturated rings. The lowest BCUT2D eigenvalue weighted by molar-refractivity contribution is -0.115. The van der Waals surface area contributed by atoms with Crippen LogP contribution >= 0.6 is 34.4 Å². The molecule has 0 saturated heterocycles. The molecule has 2 aromatic carbocycles. The van der Waals surface area contributed by atoms with Crippen molar-refractivity contribution in [3.8, 4) is 0 Å². The Bertz CT molecular complexity index is 1710. The van der Waals surface area contributed by atoms with E-state index >= 15 is 0 Å². The number of amides is 3. The maximum absolute atomic E-state index is 13.4. The van der Waals surface area contributed by atoms with Gasteiger partial charge in [0.15, 0.2) is 0 Å². The number of aryl methyl sites for hydroxylation is 1. The van der Waals surface area contributed by atoms with Gasteiger partial charge in [-0.1, -0.05) is 24.3 Å². The fourth-order valence-electron chi connectivity index (χ4n) is 4.86. The molecule has 2 heterocycles. The predicted molar refractivity (Wildman–Crippen MR) is 182 cm³/mol. The predicted octanol–water partition coefficient (Wildman–Crippen LogP) is 7.39. The summed E-state index contributed by atoms with van der Waals surface area (Å²) in [6, 6.07) is 17.7. The minimum Gasteiger partial charge on any atom is -0.462 e. The molecule has 11 heteroatoms. The molecule has 0 spiro atoms. The van der Waals surface area contributed by atoms with E-state index in [0.29, 0.717) is 21.8 Å². The molecule has 0 radical (unpaired) electrons. The van der Waals surface area contributed by atoms with Gasteiger partial charge in [-0.05, 0) is 104 Å². The van der Waals surface area contributed by atoms with Crippen LogP contribution in [-0.4, -0.2) is 35.5 Å². The first kappa shape index (κ1) is 32.2. The van der Waals surface area contributed by atoms with Gasteiger partial charge < -0.3 is 20.7 Å². The van der Waals surface area contributed by atoms with E-state index in [1.54, 1.807) is 62.4 Å². The Morgan fingerprint density at radius 3 is 2.56 bits per heavy atom. The summed E-state index contributed by atoms with van der Waals surface area (Å²) in [6.07, 6.45) is 5.40. The zero-order valence-corrected chi connectivity index (χ0v) is 27.3. The lowest BCUT2D eigenvalue weighted by Gasteiger charge is -2.14. The summed E-state index contributed by atoms with van der Waals surface area (Å²) in [5, 5.41) is 12.4. The molecule has 5 rings (SSSR count). The third-order valence-electron chi connectivity index (χ3n) is 7.04. The Morgan fingerprint density at radius 2 is 1.80 bits per heavy atom. The molecule has 1 unspecified atom stereocenters. The van der Waals surface area contributed by atoms with Crippen molar-refractivity contribution in [3.05, 3.63) is 104 Å². The number of benzene rings is 2. The lowest BCUT2D eigenvalue weighted by atomic mass is 9.95. The number of thiophene rings is 2. The summed E-state index contributed by atoms with van der Waals surface area (Å²) in [6.45, 7) is 3.83. The van der Waals surface area contributed by atoms with Crippen LogP contribution in [0.1, 0.15) is 63.4 Å². The SMILES string of the molecule is CCOC(=O)c1c(NC(=O)C(C)Sc2cccc(NC(=O)/C(=C/c3ccsc3)NC(=O)c3ccccc3)c2)sc2c1CCCC2. The maximum atomic E-state index is 13.4. The van der Waals surface area contributed by atoms with E-state index in [2.05, 4.69) is 16.0 Å². The van der Waals surface area contributed by atoms with Crippen molar-refractivity contribution < 1.29 is 23.9 Å². The Labute approximate surface area is 274 Å². The highest BCUT2D eigenvalue weighted by atomic mass is 32.2. The molecule has 1 atom stereocenters. The van der Waals surface area contributed by atoms with Crippen molar-refractivity contribution in [3.63, 3.8) is 0 Å². The van der Waals surface area contributed by atoms with Crippen molar-refractivity contribution in [2.75, 3.05) is 17.2 Å². The molecule has 3 N–H and O–H groups in total.